The Balaban J connectivity index is 1.34. The maximum absolute atomic E-state index is 12.5. The molecule has 0 aliphatic carbocycles. The Morgan fingerprint density at radius 2 is 1.75 bits per heavy atom. The van der Waals surface area contributed by atoms with Gasteiger partial charge in [-0.05, 0) is 55.3 Å². The molecular formula is C24H27N5O3. The Hall–Kier alpha value is -3.81. The molecule has 1 aromatic heterocycles. The predicted molar refractivity (Wildman–Crippen MR) is 124 cm³/mol. The summed E-state index contributed by atoms with van der Waals surface area (Å²) >= 11 is 0. The number of hydrogen-bond acceptors (Lipinski definition) is 7. The molecule has 8 heteroatoms. The molecule has 2 heterocycles. The number of nitrogens with one attached hydrogen (secondary N) is 2. The quantitative estimate of drug-likeness (QED) is 0.588. The highest BCUT2D eigenvalue weighted by Crippen LogP contribution is 2.27. The van der Waals surface area contributed by atoms with Crippen LogP contribution >= 0.6 is 0 Å². The van der Waals surface area contributed by atoms with Crippen LogP contribution in [-0.4, -0.2) is 49.2 Å². The van der Waals surface area contributed by atoms with Gasteiger partial charge in [-0.15, -0.1) is 0 Å². The summed E-state index contributed by atoms with van der Waals surface area (Å²) in [7, 11) is 3.25. The van der Waals surface area contributed by atoms with Crippen LogP contribution < -0.4 is 25.0 Å². The van der Waals surface area contributed by atoms with Gasteiger partial charge in [-0.25, -0.2) is 4.98 Å². The van der Waals surface area contributed by atoms with Crippen LogP contribution in [-0.2, 0) is 0 Å². The number of anilines is 3. The first-order valence-electron chi connectivity index (χ1n) is 10.6. The summed E-state index contributed by atoms with van der Waals surface area (Å²) in [6.45, 7) is 1.54. The van der Waals surface area contributed by atoms with E-state index in [1.165, 1.54) is 0 Å². The fraction of sp³-hybridized carbons (Fsp3) is 0.292. The number of amides is 1. The van der Waals surface area contributed by atoms with Gasteiger partial charge in [0.05, 0.1) is 19.9 Å². The third kappa shape index (κ3) is 5.08. The average molecular weight is 434 g/mol. The monoisotopic (exact) mass is 433 g/mol. The van der Waals surface area contributed by atoms with Crippen molar-refractivity contribution in [3.63, 3.8) is 0 Å². The molecule has 2 N–H and O–H groups in total. The third-order valence-electron chi connectivity index (χ3n) is 5.48. The Morgan fingerprint density at radius 3 is 2.47 bits per heavy atom. The van der Waals surface area contributed by atoms with Crippen LogP contribution in [0.25, 0.3) is 0 Å². The molecule has 32 heavy (non-hydrogen) atoms. The minimum absolute atomic E-state index is 0.0645. The van der Waals surface area contributed by atoms with E-state index in [2.05, 4.69) is 25.5 Å². The number of carbonyl (C=O) groups excluding carboxylic acids is 1. The number of rotatable bonds is 7. The summed E-state index contributed by atoms with van der Waals surface area (Å²) in [6.07, 6.45) is 3.41. The number of nitrogens with zero attached hydrogens (tertiary/aromatic N) is 3. The van der Waals surface area contributed by atoms with Gasteiger partial charge in [-0.2, -0.15) is 4.98 Å². The number of benzene rings is 2. The molecule has 0 spiro atoms. The topological polar surface area (TPSA) is 88.6 Å². The summed E-state index contributed by atoms with van der Waals surface area (Å²) in [4.78, 5) is 23.8. The Bertz CT molecular complexity index is 1050. The molecule has 166 valence electrons. The molecule has 4 rings (SSSR count). The van der Waals surface area contributed by atoms with Crippen molar-refractivity contribution in [2.45, 2.75) is 18.9 Å². The van der Waals surface area contributed by atoms with Crippen molar-refractivity contribution < 1.29 is 14.3 Å². The third-order valence-corrected chi connectivity index (χ3v) is 5.48. The maximum atomic E-state index is 12.5. The van der Waals surface area contributed by atoms with Gasteiger partial charge >= 0.3 is 0 Å². The molecule has 3 aromatic rings. The van der Waals surface area contributed by atoms with Gasteiger partial charge in [0.25, 0.3) is 5.91 Å². The number of carbonyl (C=O) groups is 1. The molecule has 0 atom stereocenters. The fourth-order valence-corrected chi connectivity index (χ4v) is 3.69. The van der Waals surface area contributed by atoms with E-state index in [0.717, 1.165) is 43.1 Å². The zero-order chi connectivity index (χ0) is 22.3. The molecule has 0 radical (unpaired) electrons. The number of methoxy groups -OCH3 is 2. The van der Waals surface area contributed by atoms with Crippen molar-refractivity contribution >= 4 is 23.4 Å². The van der Waals surface area contributed by atoms with Crippen molar-refractivity contribution in [1.82, 2.24) is 15.3 Å². The second-order valence-corrected chi connectivity index (χ2v) is 7.53. The second kappa shape index (κ2) is 10.00. The lowest BCUT2D eigenvalue weighted by Crippen LogP contribution is -2.45. The number of aromatic nitrogens is 2. The molecule has 0 bridgehead atoms. The van der Waals surface area contributed by atoms with E-state index in [1.807, 2.05) is 30.3 Å². The molecule has 1 amide bonds. The summed E-state index contributed by atoms with van der Waals surface area (Å²) in [5, 5.41) is 6.42. The van der Waals surface area contributed by atoms with Crippen molar-refractivity contribution in [3.8, 4) is 11.5 Å². The Labute approximate surface area is 187 Å². The van der Waals surface area contributed by atoms with Crippen LogP contribution in [0.3, 0.4) is 0 Å². The van der Waals surface area contributed by atoms with Gasteiger partial charge in [0, 0.05) is 30.9 Å². The molecular weight excluding hydrogens is 406 g/mol. The first kappa shape index (κ1) is 21.4. The predicted octanol–water partition coefficient (Wildman–Crippen LogP) is 3.64. The van der Waals surface area contributed by atoms with E-state index in [-0.39, 0.29) is 11.9 Å². The van der Waals surface area contributed by atoms with Gasteiger partial charge in [-0.3, -0.25) is 4.79 Å². The maximum Gasteiger partial charge on any atom is 0.251 e. The van der Waals surface area contributed by atoms with Gasteiger partial charge in [0.1, 0.15) is 17.3 Å². The zero-order valence-electron chi connectivity index (χ0n) is 18.2. The normalized spacial score (nSPS) is 14.0. The summed E-state index contributed by atoms with van der Waals surface area (Å²) in [5.41, 5.74) is 1.48. The first-order chi connectivity index (χ1) is 15.7. The average Bonchev–Trinajstić information content (AvgIpc) is 2.85. The van der Waals surface area contributed by atoms with Crippen LogP contribution in [0.5, 0.6) is 11.5 Å². The van der Waals surface area contributed by atoms with E-state index in [4.69, 9.17) is 9.47 Å². The zero-order valence-corrected chi connectivity index (χ0v) is 18.2. The van der Waals surface area contributed by atoms with Gasteiger partial charge < -0.3 is 25.0 Å². The van der Waals surface area contributed by atoms with Crippen molar-refractivity contribution in [2.24, 2.45) is 0 Å². The van der Waals surface area contributed by atoms with Crippen LogP contribution in [0.1, 0.15) is 23.2 Å². The largest absolute Gasteiger partial charge is 0.497 e. The fourth-order valence-electron chi connectivity index (χ4n) is 3.69. The van der Waals surface area contributed by atoms with E-state index < -0.39 is 0 Å². The molecule has 0 saturated carbocycles. The van der Waals surface area contributed by atoms with E-state index >= 15 is 0 Å². The summed E-state index contributed by atoms with van der Waals surface area (Å²) < 4.78 is 10.5. The molecule has 1 aliphatic heterocycles. The Morgan fingerprint density at radius 1 is 1.00 bits per heavy atom. The smallest absolute Gasteiger partial charge is 0.251 e. The van der Waals surface area contributed by atoms with Crippen molar-refractivity contribution in [1.29, 1.82) is 0 Å². The molecule has 1 fully saturated rings. The highest BCUT2D eigenvalue weighted by atomic mass is 16.5. The van der Waals surface area contributed by atoms with Crippen LogP contribution in [0, 0.1) is 0 Å². The number of piperidine rings is 1. The molecule has 1 saturated heterocycles. The van der Waals surface area contributed by atoms with Gasteiger partial charge in [0.2, 0.25) is 5.95 Å². The second-order valence-electron chi connectivity index (χ2n) is 7.53. The number of ether oxygens (including phenoxy) is 2. The number of hydrogen-bond donors (Lipinski definition) is 2. The standard InChI is InChI=1S/C24H27N5O3/c1-31-19-9-7-17(8-10-19)23(30)26-18-12-15-29(16-13-18)24-25-14-11-22(28-24)27-20-5-3-4-6-21(20)32-2/h3-11,14,18H,12-13,15-16H2,1-2H3,(H,26,30)(H,25,27,28). The lowest BCUT2D eigenvalue weighted by atomic mass is 10.0. The lowest BCUT2D eigenvalue weighted by molar-refractivity contribution is 0.0931. The van der Waals surface area contributed by atoms with Gasteiger partial charge in [-0.1, -0.05) is 12.1 Å². The molecule has 2 aromatic carbocycles. The molecule has 8 nitrogen and oxygen atoms in total. The lowest BCUT2D eigenvalue weighted by Gasteiger charge is -2.32. The first-order valence-corrected chi connectivity index (χ1v) is 10.6. The summed E-state index contributed by atoms with van der Waals surface area (Å²) in [5.74, 6) is 2.79. The highest BCUT2D eigenvalue weighted by Gasteiger charge is 2.23. The summed E-state index contributed by atoms with van der Waals surface area (Å²) in [6, 6.07) is 16.8. The minimum Gasteiger partial charge on any atom is -0.497 e. The van der Waals surface area contributed by atoms with Crippen LogP contribution in [0.2, 0.25) is 0 Å². The Kier molecular flexibility index (Phi) is 6.69. The van der Waals surface area contributed by atoms with Crippen molar-refractivity contribution in [2.75, 3.05) is 37.5 Å². The SMILES string of the molecule is COc1ccc(C(=O)NC2CCN(c3nccc(Nc4ccccc4OC)n3)CC2)cc1. The molecule has 0 unspecified atom stereocenters. The van der Waals surface area contributed by atoms with Crippen molar-refractivity contribution in [3.05, 3.63) is 66.4 Å². The van der Waals surface area contributed by atoms with E-state index in [1.54, 1.807) is 44.7 Å². The number of para-hydroxylation sites is 2. The minimum atomic E-state index is -0.0645. The van der Waals surface area contributed by atoms with Crippen LogP contribution in [0.15, 0.2) is 60.8 Å². The van der Waals surface area contributed by atoms with Gasteiger partial charge in [0.15, 0.2) is 0 Å². The highest BCUT2D eigenvalue weighted by molar-refractivity contribution is 5.94. The molecule has 1 aliphatic rings. The van der Waals surface area contributed by atoms with E-state index in [9.17, 15) is 4.79 Å². The van der Waals surface area contributed by atoms with E-state index in [0.29, 0.717) is 17.3 Å². The van der Waals surface area contributed by atoms with Crippen LogP contribution in [0.4, 0.5) is 17.5 Å².